The van der Waals surface area contributed by atoms with Gasteiger partial charge in [-0.15, -0.1) is 0 Å². The Kier molecular flexibility index (Phi) is 5.13. The fraction of sp³-hybridized carbons (Fsp3) is 0.200. The number of carbonyl (C=O) groups is 2. The van der Waals surface area contributed by atoms with Crippen LogP contribution in [0.2, 0.25) is 0 Å². The number of nitrogens with one attached hydrogen (secondary N) is 3. The number of aryl methyl sites for hydroxylation is 1. The molecule has 7 heteroatoms. The summed E-state index contributed by atoms with van der Waals surface area (Å²) >= 11 is 0. The molecular formula is C15H16FN3O3. The van der Waals surface area contributed by atoms with Gasteiger partial charge in [-0.25, -0.2) is 9.18 Å². The smallest absolute Gasteiger partial charge is 0.319 e. The number of rotatable bonds is 5. The first kappa shape index (κ1) is 15.6. The van der Waals surface area contributed by atoms with Crippen LogP contribution in [0.15, 0.2) is 41.0 Å². The number of hydrogen-bond donors (Lipinski definition) is 3. The summed E-state index contributed by atoms with van der Waals surface area (Å²) in [5, 5.41) is 7.48. The maximum Gasteiger partial charge on any atom is 0.319 e. The van der Waals surface area contributed by atoms with E-state index in [4.69, 9.17) is 4.42 Å². The highest BCUT2D eigenvalue weighted by Crippen LogP contribution is 2.14. The SMILES string of the molecule is Cc1ccc(NC(=O)NCCNC(=O)c2ccco2)c(F)c1. The van der Waals surface area contributed by atoms with Crippen molar-refractivity contribution in [2.24, 2.45) is 0 Å². The molecule has 3 amide bonds. The minimum atomic E-state index is -0.546. The summed E-state index contributed by atoms with van der Waals surface area (Å²) in [5.74, 6) is -0.663. The van der Waals surface area contributed by atoms with E-state index in [1.54, 1.807) is 19.1 Å². The third kappa shape index (κ3) is 4.34. The Morgan fingerprint density at radius 1 is 1.18 bits per heavy atom. The highest BCUT2D eigenvalue weighted by Gasteiger charge is 2.08. The second-order valence-electron chi connectivity index (χ2n) is 4.60. The second-order valence-corrected chi connectivity index (χ2v) is 4.60. The largest absolute Gasteiger partial charge is 0.459 e. The Balaban J connectivity index is 1.71. The Morgan fingerprint density at radius 3 is 2.64 bits per heavy atom. The molecule has 0 saturated carbocycles. The fourth-order valence-electron chi connectivity index (χ4n) is 1.73. The lowest BCUT2D eigenvalue weighted by Crippen LogP contribution is -2.36. The molecule has 1 heterocycles. The van der Waals surface area contributed by atoms with Crippen LogP contribution in [0.4, 0.5) is 14.9 Å². The standard InChI is InChI=1S/C15H16FN3O3/c1-10-4-5-12(11(16)9-10)19-15(21)18-7-6-17-14(20)13-3-2-8-22-13/h2-5,8-9H,6-7H2,1H3,(H,17,20)(H2,18,19,21). The van der Waals surface area contributed by atoms with Crippen LogP contribution in [0.3, 0.4) is 0 Å². The van der Waals surface area contributed by atoms with Crippen LogP contribution in [0.5, 0.6) is 0 Å². The summed E-state index contributed by atoms with van der Waals surface area (Å²) in [6.07, 6.45) is 1.40. The Bertz CT molecular complexity index is 656. The number of hydrogen-bond acceptors (Lipinski definition) is 3. The number of halogens is 1. The van der Waals surface area contributed by atoms with Crippen molar-refractivity contribution in [1.29, 1.82) is 0 Å². The van der Waals surface area contributed by atoms with Crippen molar-refractivity contribution in [3.05, 3.63) is 53.7 Å². The molecule has 0 unspecified atom stereocenters. The molecule has 0 aliphatic rings. The average Bonchev–Trinajstić information content (AvgIpc) is 3.01. The van der Waals surface area contributed by atoms with Crippen molar-refractivity contribution in [3.8, 4) is 0 Å². The van der Waals surface area contributed by atoms with Gasteiger partial charge in [0.05, 0.1) is 12.0 Å². The summed E-state index contributed by atoms with van der Waals surface area (Å²) in [6, 6.07) is 7.12. The lowest BCUT2D eigenvalue weighted by atomic mass is 10.2. The van der Waals surface area contributed by atoms with Crippen molar-refractivity contribution in [1.82, 2.24) is 10.6 Å². The van der Waals surface area contributed by atoms with Crippen LogP contribution in [0.1, 0.15) is 16.1 Å². The van der Waals surface area contributed by atoms with Crippen molar-refractivity contribution in [3.63, 3.8) is 0 Å². The number of amides is 3. The molecule has 0 bridgehead atoms. The number of anilines is 1. The molecule has 0 fully saturated rings. The maximum atomic E-state index is 13.6. The van der Waals surface area contributed by atoms with Crippen molar-refractivity contribution >= 4 is 17.6 Å². The monoisotopic (exact) mass is 305 g/mol. The van der Waals surface area contributed by atoms with Gasteiger partial charge in [-0.05, 0) is 36.8 Å². The molecule has 0 aliphatic heterocycles. The summed E-state index contributed by atoms with van der Waals surface area (Å²) < 4.78 is 18.5. The molecule has 2 rings (SSSR count). The van der Waals surface area contributed by atoms with Gasteiger partial charge in [0.15, 0.2) is 5.76 Å². The second kappa shape index (κ2) is 7.26. The predicted molar refractivity (Wildman–Crippen MR) is 79.2 cm³/mol. The first-order valence-corrected chi connectivity index (χ1v) is 6.69. The third-order valence-corrected chi connectivity index (χ3v) is 2.81. The van der Waals surface area contributed by atoms with Gasteiger partial charge >= 0.3 is 6.03 Å². The van der Waals surface area contributed by atoms with E-state index in [0.29, 0.717) is 0 Å². The van der Waals surface area contributed by atoms with Gasteiger partial charge in [0, 0.05) is 13.1 Å². The zero-order valence-corrected chi connectivity index (χ0v) is 12.0. The van der Waals surface area contributed by atoms with Gasteiger partial charge in [-0.1, -0.05) is 6.07 Å². The molecule has 0 aliphatic carbocycles. The zero-order chi connectivity index (χ0) is 15.9. The first-order valence-electron chi connectivity index (χ1n) is 6.69. The molecule has 22 heavy (non-hydrogen) atoms. The molecule has 0 radical (unpaired) electrons. The van der Waals surface area contributed by atoms with Gasteiger partial charge in [-0.2, -0.15) is 0 Å². The Labute approximate surface area is 126 Å². The summed E-state index contributed by atoms with van der Waals surface area (Å²) in [6.45, 7) is 2.18. The topological polar surface area (TPSA) is 83.4 Å². The lowest BCUT2D eigenvalue weighted by Gasteiger charge is -2.09. The van der Waals surface area contributed by atoms with Gasteiger partial charge in [0.25, 0.3) is 5.91 Å². The van der Waals surface area contributed by atoms with Crippen LogP contribution < -0.4 is 16.0 Å². The minimum absolute atomic E-state index is 0.0997. The van der Waals surface area contributed by atoms with Crippen molar-refractivity contribution in [2.45, 2.75) is 6.92 Å². The molecule has 116 valence electrons. The lowest BCUT2D eigenvalue weighted by molar-refractivity contribution is 0.0926. The normalized spacial score (nSPS) is 10.1. The van der Waals surface area contributed by atoms with E-state index in [0.717, 1.165) is 5.56 Å². The van der Waals surface area contributed by atoms with E-state index in [9.17, 15) is 14.0 Å². The number of benzene rings is 1. The van der Waals surface area contributed by atoms with E-state index < -0.39 is 11.8 Å². The van der Waals surface area contributed by atoms with E-state index in [1.807, 2.05) is 0 Å². The molecule has 0 spiro atoms. The highest BCUT2D eigenvalue weighted by molar-refractivity contribution is 5.91. The van der Waals surface area contributed by atoms with Crippen LogP contribution in [-0.4, -0.2) is 25.0 Å². The minimum Gasteiger partial charge on any atom is -0.459 e. The van der Waals surface area contributed by atoms with E-state index in [1.165, 1.54) is 24.5 Å². The van der Waals surface area contributed by atoms with Gasteiger partial charge in [0.1, 0.15) is 5.82 Å². The summed E-state index contributed by atoms with van der Waals surface area (Å²) in [7, 11) is 0. The molecule has 3 N–H and O–H groups in total. The van der Waals surface area contributed by atoms with E-state index >= 15 is 0 Å². The van der Waals surface area contributed by atoms with Gasteiger partial charge < -0.3 is 20.4 Å². The maximum absolute atomic E-state index is 13.6. The number of carbonyl (C=O) groups excluding carboxylic acids is 2. The van der Waals surface area contributed by atoms with E-state index in [2.05, 4.69) is 16.0 Å². The molecule has 0 saturated heterocycles. The summed E-state index contributed by atoms with van der Waals surface area (Å²) in [5.41, 5.74) is 0.867. The Morgan fingerprint density at radius 2 is 1.95 bits per heavy atom. The molecule has 1 aromatic carbocycles. The predicted octanol–water partition coefficient (Wildman–Crippen LogP) is 2.28. The molecule has 6 nitrogen and oxygen atoms in total. The highest BCUT2D eigenvalue weighted by atomic mass is 19.1. The molecule has 1 aromatic heterocycles. The van der Waals surface area contributed by atoms with Crippen LogP contribution in [-0.2, 0) is 0 Å². The first-order chi connectivity index (χ1) is 10.6. The molecule has 0 atom stereocenters. The van der Waals surface area contributed by atoms with Gasteiger partial charge in [-0.3, -0.25) is 4.79 Å². The van der Waals surface area contributed by atoms with Crippen LogP contribution in [0.25, 0.3) is 0 Å². The molecule has 2 aromatic rings. The fourth-order valence-corrected chi connectivity index (χ4v) is 1.73. The van der Waals surface area contributed by atoms with Crippen LogP contribution >= 0.6 is 0 Å². The van der Waals surface area contributed by atoms with Crippen LogP contribution in [0, 0.1) is 12.7 Å². The zero-order valence-electron chi connectivity index (χ0n) is 12.0. The van der Waals surface area contributed by atoms with Crippen molar-refractivity contribution < 1.29 is 18.4 Å². The quantitative estimate of drug-likeness (QED) is 0.741. The third-order valence-electron chi connectivity index (χ3n) is 2.81. The number of urea groups is 1. The average molecular weight is 305 g/mol. The van der Waals surface area contributed by atoms with Crippen molar-refractivity contribution in [2.75, 3.05) is 18.4 Å². The summed E-state index contributed by atoms with van der Waals surface area (Å²) in [4.78, 5) is 23.1. The number of furan rings is 1. The Hall–Kier alpha value is -2.83. The van der Waals surface area contributed by atoms with Gasteiger partial charge in [0.2, 0.25) is 0 Å². The van der Waals surface area contributed by atoms with E-state index in [-0.39, 0.29) is 30.4 Å². The molecular weight excluding hydrogens is 289 g/mol.